The lowest BCUT2D eigenvalue weighted by Gasteiger charge is -2.24. The lowest BCUT2D eigenvalue weighted by Crippen LogP contribution is -2.32. The third-order valence-corrected chi connectivity index (χ3v) is 6.14. The predicted molar refractivity (Wildman–Crippen MR) is 121 cm³/mol. The fourth-order valence-electron chi connectivity index (χ4n) is 3.44. The number of halogens is 2. The van der Waals surface area contributed by atoms with Crippen molar-refractivity contribution < 1.29 is 4.79 Å². The van der Waals surface area contributed by atoms with Crippen LogP contribution in [0.1, 0.15) is 43.9 Å². The molecule has 0 fully saturated rings. The van der Waals surface area contributed by atoms with Gasteiger partial charge in [0, 0.05) is 28.3 Å². The number of carbonyl (C=O) groups is 1. The predicted octanol–water partition coefficient (Wildman–Crippen LogP) is 5.62. The van der Waals surface area contributed by atoms with Crippen LogP contribution in [0.5, 0.6) is 0 Å². The quantitative estimate of drug-likeness (QED) is 0.488. The summed E-state index contributed by atoms with van der Waals surface area (Å²) in [6, 6.07) is 16.2. The summed E-state index contributed by atoms with van der Waals surface area (Å²) < 4.78 is 2.04. The van der Waals surface area contributed by atoms with Crippen LogP contribution in [0.2, 0.25) is 0 Å². The molecule has 0 saturated carbocycles. The van der Waals surface area contributed by atoms with Crippen molar-refractivity contribution in [2.45, 2.75) is 32.7 Å². The highest BCUT2D eigenvalue weighted by Crippen LogP contribution is 2.34. The Bertz CT molecular complexity index is 847. The molecule has 28 heavy (non-hydrogen) atoms. The standard InChI is InChI=1S/C22H25Br2N3O/c1-3-26(4-2)13-12-22(28)27-21(17-6-5-7-19(24)14-17)15-20(25-27)16-8-10-18(23)11-9-16/h5-11,14,21H,3-4,12-13,15H2,1-2H3. The number of hydrogen-bond donors (Lipinski definition) is 0. The van der Waals surface area contributed by atoms with Crippen molar-refractivity contribution >= 4 is 43.5 Å². The first kappa shape index (κ1) is 21.2. The van der Waals surface area contributed by atoms with E-state index < -0.39 is 0 Å². The van der Waals surface area contributed by atoms with E-state index in [2.05, 4.69) is 62.7 Å². The Morgan fingerprint density at radius 3 is 2.46 bits per heavy atom. The highest BCUT2D eigenvalue weighted by atomic mass is 79.9. The largest absolute Gasteiger partial charge is 0.303 e. The maximum Gasteiger partial charge on any atom is 0.244 e. The van der Waals surface area contributed by atoms with Gasteiger partial charge in [-0.25, -0.2) is 5.01 Å². The van der Waals surface area contributed by atoms with E-state index in [9.17, 15) is 4.79 Å². The summed E-state index contributed by atoms with van der Waals surface area (Å²) in [5, 5.41) is 6.45. The van der Waals surface area contributed by atoms with Crippen LogP contribution in [0.25, 0.3) is 0 Å². The summed E-state index contributed by atoms with van der Waals surface area (Å²) in [7, 11) is 0. The van der Waals surface area contributed by atoms with Crippen LogP contribution in [-0.4, -0.2) is 41.2 Å². The number of hydrogen-bond acceptors (Lipinski definition) is 3. The molecule has 0 spiro atoms. The molecule has 4 nitrogen and oxygen atoms in total. The molecule has 148 valence electrons. The lowest BCUT2D eigenvalue weighted by atomic mass is 9.98. The summed E-state index contributed by atoms with van der Waals surface area (Å²) >= 11 is 7.03. The van der Waals surface area contributed by atoms with E-state index in [-0.39, 0.29) is 11.9 Å². The molecule has 0 radical (unpaired) electrons. The molecule has 2 aromatic carbocycles. The van der Waals surface area contributed by atoms with Crippen LogP contribution >= 0.6 is 31.9 Å². The molecule has 0 bridgehead atoms. The zero-order valence-electron chi connectivity index (χ0n) is 16.2. The molecule has 1 atom stereocenters. The molecular weight excluding hydrogens is 482 g/mol. The fourth-order valence-corrected chi connectivity index (χ4v) is 4.12. The zero-order valence-corrected chi connectivity index (χ0v) is 19.4. The maximum atomic E-state index is 13.1. The summed E-state index contributed by atoms with van der Waals surface area (Å²) in [5.41, 5.74) is 3.11. The number of rotatable bonds is 7. The van der Waals surface area contributed by atoms with Crippen molar-refractivity contribution in [1.82, 2.24) is 9.91 Å². The molecule has 0 aromatic heterocycles. The van der Waals surface area contributed by atoms with E-state index in [1.165, 1.54) is 0 Å². The van der Waals surface area contributed by atoms with E-state index in [4.69, 9.17) is 5.10 Å². The average molecular weight is 507 g/mol. The molecule has 0 N–H and O–H groups in total. The minimum atomic E-state index is -0.0691. The minimum Gasteiger partial charge on any atom is -0.303 e. The van der Waals surface area contributed by atoms with Gasteiger partial charge < -0.3 is 4.90 Å². The maximum absolute atomic E-state index is 13.1. The van der Waals surface area contributed by atoms with E-state index in [1.807, 2.05) is 36.4 Å². The number of amides is 1. The highest BCUT2D eigenvalue weighted by molar-refractivity contribution is 9.10. The Morgan fingerprint density at radius 1 is 1.11 bits per heavy atom. The first-order chi connectivity index (χ1) is 13.5. The normalized spacial score (nSPS) is 16.5. The van der Waals surface area contributed by atoms with Gasteiger partial charge in [-0.1, -0.05) is 70.0 Å². The number of hydrazone groups is 1. The lowest BCUT2D eigenvalue weighted by molar-refractivity contribution is -0.133. The summed E-state index contributed by atoms with van der Waals surface area (Å²) in [5.74, 6) is 0.0731. The summed E-state index contributed by atoms with van der Waals surface area (Å²) in [6.45, 7) is 6.91. The molecule has 0 saturated heterocycles. The molecule has 6 heteroatoms. The number of benzene rings is 2. The van der Waals surface area contributed by atoms with Crippen molar-refractivity contribution in [3.63, 3.8) is 0 Å². The van der Waals surface area contributed by atoms with Crippen LogP contribution < -0.4 is 0 Å². The molecule has 2 aromatic rings. The average Bonchev–Trinajstić information content (AvgIpc) is 3.15. The van der Waals surface area contributed by atoms with Gasteiger partial charge in [-0.15, -0.1) is 0 Å². The van der Waals surface area contributed by atoms with Crippen LogP contribution in [0.4, 0.5) is 0 Å². The first-order valence-electron chi connectivity index (χ1n) is 9.65. The second-order valence-electron chi connectivity index (χ2n) is 6.84. The topological polar surface area (TPSA) is 35.9 Å². The van der Waals surface area contributed by atoms with Gasteiger partial charge in [0.2, 0.25) is 5.91 Å². The van der Waals surface area contributed by atoms with Gasteiger partial charge in [-0.05, 0) is 48.5 Å². The first-order valence-corrected chi connectivity index (χ1v) is 11.2. The van der Waals surface area contributed by atoms with Crippen molar-refractivity contribution in [2.75, 3.05) is 19.6 Å². The summed E-state index contributed by atoms with van der Waals surface area (Å²) in [4.78, 5) is 15.3. The molecule has 1 amide bonds. The van der Waals surface area contributed by atoms with Crippen LogP contribution in [0, 0.1) is 0 Å². The Labute approximate surface area is 183 Å². The van der Waals surface area contributed by atoms with E-state index in [0.717, 1.165) is 51.8 Å². The minimum absolute atomic E-state index is 0.0691. The number of carbonyl (C=O) groups excluding carboxylic acids is 1. The molecular formula is C22H25Br2N3O. The molecule has 1 aliphatic heterocycles. The van der Waals surface area contributed by atoms with Crippen molar-refractivity contribution in [2.24, 2.45) is 5.10 Å². The number of nitrogens with zero attached hydrogens (tertiary/aromatic N) is 3. The highest BCUT2D eigenvalue weighted by Gasteiger charge is 2.33. The van der Waals surface area contributed by atoms with Gasteiger partial charge in [0.05, 0.1) is 11.8 Å². The molecule has 1 heterocycles. The third kappa shape index (κ3) is 5.10. The van der Waals surface area contributed by atoms with Gasteiger partial charge in [-0.2, -0.15) is 5.10 Å². The van der Waals surface area contributed by atoms with Crippen LogP contribution in [0.15, 0.2) is 62.6 Å². The Morgan fingerprint density at radius 2 is 1.82 bits per heavy atom. The van der Waals surface area contributed by atoms with Crippen LogP contribution in [-0.2, 0) is 4.79 Å². The van der Waals surface area contributed by atoms with Crippen molar-refractivity contribution in [3.05, 3.63) is 68.6 Å². The monoisotopic (exact) mass is 505 g/mol. The Hall–Kier alpha value is -1.50. The van der Waals surface area contributed by atoms with Gasteiger partial charge >= 0.3 is 0 Å². The summed E-state index contributed by atoms with van der Waals surface area (Å²) in [6.07, 6.45) is 1.19. The second kappa shape index (κ2) is 9.81. The van der Waals surface area contributed by atoms with Gasteiger partial charge in [0.15, 0.2) is 0 Å². The van der Waals surface area contributed by atoms with E-state index in [0.29, 0.717) is 6.42 Å². The Kier molecular flexibility index (Phi) is 7.43. The van der Waals surface area contributed by atoms with E-state index in [1.54, 1.807) is 5.01 Å². The third-order valence-electron chi connectivity index (χ3n) is 5.11. The smallest absolute Gasteiger partial charge is 0.244 e. The SMILES string of the molecule is CCN(CC)CCC(=O)N1N=C(c2ccc(Br)cc2)CC1c1cccc(Br)c1. The van der Waals surface area contributed by atoms with Crippen molar-refractivity contribution in [3.8, 4) is 0 Å². The molecule has 0 aliphatic carbocycles. The second-order valence-corrected chi connectivity index (χ2v) is 8.68. The van der Waals surface area contributed by atoms with Crippen LogP contribution in [0.3, 0.4) is 0 Å². The molecule has 3 rings (SSSR count). The molecule has 1 aliphatic rings. The van der Waals surface area contributed by atoms with Gasteiger partial charge in [-0.3, -0.25) is 4.79 Å². The zero-order chi connectivity index (χ0) is 20.1. The van der Waals surface area contributed by atoms with Gasteiger partial charge in [0.25, 0.3) is 0 Å². The van der Waals surface area contributed by atoms with Crippen molar-refractivity contribution in [1.29, 1.82) is 0 Å². The van der Waals surface area contributed by atoms with E-state index >= 15 is 0 Å². The fraction of sp³-hybridized carbons (Fsp3) is 0.364. The molecule has 1 unspecified atom stereocenters. The Balaban J connectivity index is 1.86. The van der Waals surface area contributed by atoms with Gasteiger partial charge in [0.1, 0.15) is 0 Å².